The van der Waals surface area contributed by atoms with Crippen LogP contribution in [-0.2, 0) is 0 Å². The van der Waals surface area contributed by atoms with Gasteiger partial charge in [-0.3, -0.25) is 5.32 Å². The zero-order valence-electron chi connectivity index (χ0n) is 11.5. The third-order valence-electron chi connectivity index (χ3n) is 3.13. The number of hydrogen-bond acceptors (Lipinski definition) is 3. The Kier molecular flexibility index (Phi) is 15.2. The predicted molar refractivity (Wildman–Crippen MR) is 75.1 cm³/mol. The van der Waals surface area contributed by atoms with Crippen molar-refractivity contribution in [1.29, 1.82) is 0 Å². The molecule has 0 saturated heterocycles. The zero-order valence-corrected chi connectivity index (χ0v) is 11.5. The lowest BCUT2D eigenvalue weighted by Crippen LogP contribution is -2.14. The Morgan fingerprint density at radius 2 is 1.24 bits per heavy atom. The van der Waals surface area contributed by atoms with Crippen LogP contribution in [-0.4, -0.2) is 13.2 Å². The van der Waals surface area contributed by atoms with Crippen molar-refractivity contribution in [3.63, 3.8) is 0 Å². The smallest absolute Gasteiger partial charge is 0.131 e. The van der Waals surface area contributed by atoms with Gasteiger partial charge in [0, 0.05) is 0 Å². The summed E-state index contributed by atoms with van der Waals surface area (Å²) in [5.41, 5.74) is 0. The SMILES string of the molecule is CCCCCCCCCCCCCNCN=O. The largest absolute Gasteiger partial charge is 0.295 e. The van der Waals surface area contributed by atoms with Gasteiger partial charge in [0.25, 0.3) is 0 Å². The summed E-state index contributed by atoms with van der Waals surface area (Å²) in [5.74, 6) is 0. The highest BCUT2D eigenvalue weighted by Gasteiger charge is 1.92. The summed E-state index contributed by atoms with van der Waals surface area (Å²) >= 11 is 0. The topological polar surface area (TPSA) is 41.5 Å². The third kappa shape index (κ3) is 15.6. The van der Waals surface area contributed by atoms with Crippen molar-refractivity contribution >= 4 is 0 Å². The first kappa shape index (κ1) is 16.6. The van der Waals surface area contributed by atoms with E-state index in [2.05, 4.69) is 17.4 Å². The molecule has 0 aromatic rings. The molecule has 0 aromatic heterocycles. The maximum absolute atomic E-state index is 9.79. The van der Waals surface area contributed by atoms with E-state index in [4.69, 9.17) is 0 Å². The quantitative estimate of drug-likeness (QED) is 0.357. The molecule has 1 N–H and O–H groups in total. The number of nitroso groups, excluding NO2 is 1. The average Bonchev–Trinajstić information content (AvgIpc) is 2.35. The van der Waals surface area contributed by atoms with Crippen molar-refractivity contribution in [2.75, 3.05) is 13.2 Å². The first-order valence-electron chi connectivity index (χ1n) is 7.41. The molecular formula is C14H30N2O. The summed E-state index contributed by atoms with van der Waals surface area (Å²) in [6.07, 6.45) is 15.0. The summed E-state index contributed by atoms with van der Waals surface area (Å²) in [7, 11) is 0. The minimum absolute atomic E-state index is 0.262. The number of nitrogens with zero attached hydrogens (tertiary/aromatic N) is 1. The fourth-order valence-corrected chi connectivity index (χ4v) is 2.04. The van der Waals surface area contributed by atoms with Crippen molar-refractivity contribution in [1.82, 2.24) is 5.32 Å². The highest BCUT2D eigenvalue weighted by atomic mass is 16.3. The first-order valence-corrected chi connectivity index (χ1v) is 7.41. The molecule has 0 saturated carbocycles. The highest BCUT2D eigenvalue weighted by molar-refractivity contribution is 4.50. The molecular weight excluding hydrogens is 212 g/mol. The summed E-state index contributed by atoms with van der Waals surface area (Å²) < 4.78 is 0. The monoisotopic (exact) mass is 242 g/mol. The normalized spacial score (nSPS) is 10.6. The summed E-state index contributed by atoms with van der Waals surface area (Å²) in [5, 5.41) is 5.75. The van der Waals surface area contributed by atoms with Crippen LogP contribution in [0.5, 0.6) is 0 Å². The fourth-order valence-electron chi connectivity index (χ4n) is 2.04. The molecule has 0 amide bonds. The number of unbranched alkanes of at least 4 members (excludes halogenated alkanes) is 10. The van der Waals surface area contributed by atoms with Crippen LogP contribution in [0.3, 0.4) is 0 Å². The van der Waals surface area contributed by atoms with Gasteiger partial charge in [-0.1, -0.05) is 76.3 Å². The van der Waals surface area contributed by atoms with Gasteiger partial charge in [0.05, 0.1) is 0 Å². The summed E-state index contributed by atoms with van der Waals surface area (Å²) in [4.78, 5) is 9.79. The van der Waals surface area contributed by atoms with Gasteiger partial charge in [-0.2, -0.15) is 0 Å². The maximum Gasteiger partial charge on any atom is 0.131 e. The van der Waals surface area contributed by atoms with Crippen LogP contribution in [0.1, 0.15) is 77.6 Å². The van der Waals surface area contributed by atoms with E-state index in [0.717, 1.165) is 6.54 Å². The molecule has 17 heavy (non-hydrogen) atoms. The predicted octanol–water partition coefficient (Wildman–Crippen LogP) is 4.61. The molecule has 0 rings (SSSR count). The van der Waals surface area contributed by atoms with E-state index in [1.165, 1.54) is 70.6 Å². The van der Waals surface area contributed by atoms with Gasteiger partial charge in [0.15, 0.2) is 0 Å². The van der Waals surface area contributed by atoms with Crippen LogP contribution in [0.15, 0.2) is 5.18 Å². The van der Waals surface area contributed by atoms with Gasteiger partial charge < -0.3 is 0 Å². The van der Waals surface area contributed by atoms with Gasteiger partial charge >= 0.3 is 0 Å². The molecule has 0 aliphatic rings. The maximum atomic E-state index is 9.79. The molecule has 0 fully saturated rings. The van der Waals surface area contributed by atoms with Crippen molar-refractivity contribution < 1.29 is 0 Å². The van der Waals surface area contributed by atoms with E-state index >= 15 is 0 Å². The summed E-state index contributed by atoms with van der Waals surface area (Å²) in [6, 6.07) is 0. The van der Waals surface area contributed by atoms with E-state index in [1.807, 2.05) is 0 Å². The van der Waals surface area contributed by atoms with Crippen molar-refractivity contribution in [2.45, 2.75) is 77.6 Å². The first-order chi connectivity index (χ1) is 8.41. The lowest BCUT2D eigenvalue weighted by atomic mass is 10.1. The molecule has 0 spiro atoms. The van der Waals surface area contributed by atoms with E-state index in [0.29, 0.717) is 0 Å². The Morgan fingerprint density at radius 1 is 0.765 bits per heavy atom. The summed E-state index contributed by atoms with van der Waals surface area (Å²) in [6.45, 7) is 3.46. The molecule has 0 radical (unpaired) electrons. The van der Waals surface area contributed by atoms with Crippen LogP contribution in [0, 0.1) is 4.91 Å². The number of nitrogens with one attached hydrogen (secondary N) is 1. The van der Waals surface area contributed by atoms with Crippen LogP contribution in [0.25, 0.3) is 0 Å². The van der Waals surface area contributed by atoms with Crippen LogP contribution in [0.4, 0.5) is 0 Å². The third-order valence-corrected chi connectivity index (χ3v) is 3.13. The second-order valence-corrected chi connectivity index (χ2v) is 4.82. The van der Waals surface area contributed by atoms with Crippen molar-refractivity contribution in [2.24, 2.45) is 5.18 Å². The van der Waals surface area contributed by atoms with Crippen LogP contribution < -0.4 is 5.32 Å². The molecule has 0 heterocycles. The Hall–Kier alpha value is -0.440. The Labute approximate surface area is 107 Å². The van der Waals surface area contributed by atoms with Crippen molar-refractivity contribution in [3.05, 3.63) is 4.91 Å². The fraction of sp³-hybridized carbons (Fsp3) is 1.00. The van der Waals surface area contributed by atoms with E-state index in [1.54, 1.807) is 0 Å². The standard InChI is InChI=1S/C14H30N2O/c1-2-3-4-5-6-7-8-9-10-11-12-13-15-14-16-17/h15H,2-14H2,1H3. The molecule has 0 aliphatic carbocycles. The molecule has 3 heteroatoms. The van der Waals surface area contributed by atoms with Gasteiger partial charge in [-0.15, -0.1) is 4.91 Å². The number of rotatable bonds is 14. The Morgan fingerprint density at radius 3 is 1.71 bits per heavy atom. The van der Waals surface area contributed by atoms with Gasteiger partial charge in [0.1, 0.15) is 6.67 Å². The second-order valence-electron chi connectivity index (χ2n) is 4.82. The molecule has 0 bridgehead atoms. The molecule has 102 valence electrons. The Balaban J connectivity index is 2.87. The molecule has 0 aliphatic heterocycles. The van der Waals surface area contributed by atoms with Crippen LogP contribution >= 0.6 is 0 Å². The zero-order chi connectivity index (χ0) is 12.6. The lowest BCUT2D eigenvalue weighted by molar-refractivity contribution is 0.541. The second kappa shape index (κ2) is 15.6. The van der Waals surface area contributed by atoms with Crippen molar-refractivity contribution in [3.8, 4) is 0 Å². The lowest BCUT2D eigenvalue weighted by Gasteiger charge is -2.02. The molecule has 3 nitrogen and oxygen atoms in total. The molecule has 0 atom stereocenters. The minimum atomic E-state index is 0.262. The van der Waals surface area contributed by atoms with E-state index in [-0.39, 0.29) is 6.67 Å². The van der Waals surface area contributed by atoms with Gasteiger partial charge in [-0.25, -0.2) is 0 Å². The molecule has 0 unspecified atom stereocenters. The minimum Gasteiger partial charge on any atom is -0.295 e. The Bertz CT molecular complexity index is 151. The molecule has 0 aromatic carbocycles. The van der Waals surface area contributed by atoms with Gasteiger partial charge in [-0.05, 0) is 13.0 Å². The number of hydrogen-bond donors (Lipinski definition) is 1. The average molecular weight is 242 g/mol. The highest BCUT2D eigenvalue weighted by Crippen LogP contribution is 2.10. The van der Waals surface area contributed by atoms with E-state index in [9.17, 15) is 4.91 Å². The van der Waals surface area contributed by atoms with Gasteiger partial charge in [0.2, 0.25) is 0 Å². The van der Waals surface area contributed by atoms with Crippen LogP contribution in [0.2, 0.25) is 0 Å². The van der Waals surface area contributed by atoms with E-state index < -0.39 is 0 Å².